The fourth-order valence-corrected chi connectivity index (χ4v) is 3.06. The second kappa shape index (κ2) is 7.08. The molecule has 0 saturated heterocycles. The van der Waals surface area contributed by atoms with E-state index in [-0.39, 0.29) is 4.90 Å². The Hall–Kier alpha value is -0.630. The van der Waals surface area contributed by atoms with Gasteiger partial charge in [0.05, 0.1) is 12.0 Å². The van der Waals surface area contributed by atoms with Gasteiger partial charge in [0.25, 0.3) is 0 Å². The molecule has 0 aliphatic carbocycles. The van der Waals surface area contributed by atoms with Gasteiger partial charge in [-0.25, -0.2) is 13.1 Å². The third kappa shape index (κ3) is 4.56. The Kier molecular flexibility index (Phi) is 6.07. The van der Waals surface area contributed by atoms with Crippen LogP contribution >= 0.6 is 15.9 Å². The van der Waals surface area contributed by atoms with E-state index in [0.29, 0.717) is 23.3 Å². The summed E-state index contributed by atoms with van der Waals surface area (Å²) >= 11 is 3.25. The molecule has 0 amide bonds. The maximum atomic E-state index is 12.0. The smallest absolute Gasteiger partial charge is 0.240 e. The highest BCUT2D eigenvalue weighted by molar-refractivity contribution is 9.10. The molecule has 18 heavy (non-hydrogen) atoms. The number of nitrogens with one attached hydrogen (secondary N) is 2. The van der Waals surface area contributed by atoms with Gasteiger partial charge in [0.15, 0.2) is 0 Å². The first kappa shape index (κ1) is 15.4. The third-order valence-corrected chi connectivity index (χ3v) is 4.13. The van der Waals surface area contributed by atoms with Gasteiger partial charge in [-0.15, -0.1) is 0 Å². The fourth-order valence-electron chi connectivity index (χ4n) is 1.34. The normalized spacial score (nSPS) is 11.5. The van der Waals surface area contributed by atoms with E-state index in [4.69, 9.17) is 4.74 Å². The number of benzene rings is 1. The lowest BCUT2D eigenvalue weighted by Crippen LogP contribution is -2.31. The van der Waals surface area contributed by atoms with Gasteiger partial charge in [-0.2, -0.15) is 0 Å². The topological polar surface area (TPSA) is 67.4 Å². The lowest BCUT2D eigenvalue weighted by molar-refractivity contribution is 0.413. The predicted molar refractivity (Wildman–Crippen MR) is 74.4 cm³/mol. The number of rotatable bonds is 7. The summed E-state index contributed by atoms with van der Waals surface area (Å²) in [5.74, 6) is 0.497. The van der Waals surface area contributed by atoms with Crippen LogP contribution in [0.2, 0.25) is 0 Å². The first-order valence-corrected chi connectivity index (χ1v) is 7.82. The van der Waals surface area contributed by atoms with Gasteiger partial charge in [-0.3, -0.25) is 0 Å². The minimum absolute atomic E-state index is 0.185. The maximum absolute atomic E-state index is 12.0. The van der Waals surface area contributed by atoms with E-state index in [1.54, 1.807) is 6.07 Å². The molecule has 0 bridgehead atoms. The average molecular weight is 337 g/mol. The van der Waals surface area contributed by atoms with Crippen LogP contribution in [0.4, 0.5) is 0 Å². The van der Waals surface area contributed by atoms with Crippen molar-refractivity contribution in [1.29, 1.82) is 0 Å². The van der Waals surface area contributed by atoms with Crippen LogP contribution in [0.25, 0.3) is 0 Å². The fraction of sp³-hybridized carbons (Fsp3) is 0.455. The summed E-state index contributed by atoms with van der Waals surface area (Å²) in [5.41, 5.74) is 0. The van der Waals surface area contributed by atoms with Crippen molar-refractivity contribution in [1.82, 2.24) is 10.0 Å². The minimum atomic E-state index is -3.50. The van der Waals surface area contributed by atoms with Gasteiger partial charge in [-0.05, 0) is 18.7 Å². The van der Waals surface area contributed by atoms with E-state index in [0.717, 1.165) is 6.54 Å². The van der Waals surface area contributed by atoms with Crippen LogP contribution in [0.5, 0.6) is 5.75 Å². The highest BCUT2D eigenvalue weighted by atomic mass is 79.9. The summed E-state index contributed by atoms with van der Waals surface area (Å²) in [7, 11) is -2.00. The van der Waals surface area contributed by atoms with Gasteiger partial charge in [-0.1, -0.05) is 22.9 Å². The third-order valence-electron chi connectivity index (χ3n) is 2.23. The largest absolute Gasteiger partial charge is 0.497 e. The molecule has 2 N–H and O–H groups in total. The molecule has 0 fully saturated rings. The first-order chi connectivity index (χ1) is 8.49. The van der Waals surface area contributed by atoms with Gasteiger partial charge in [0.2, 0.25) is 10.0 Å². The quantitative estimate of drug-likeness (QED) is 0.737. The molecular weight excluding hydrogens is 320 g/mol. The highest BCUT2D eigenvalue weighted by Gasteiger charge is 2.15. The predicted octanol–water partition coefficient (Wildman–Crippen LogP) is 1.35. The van der Waals surface area contributed by atoms with E-state index in [9.17, 15) is 8.42 Å². The maximum Gasteiger partial charge on any atom is 0.240 e. The second-order valence-electron chi connectivity index (χ2n) is 3.58. The second-order valence-corrected chi connectivity index (χ2v) is 6.26. The zero-order valence-corrected chi connectivity index (χ0v) is 12.8. The molecule has 0 radical (unpaired) electrons. The summed E-state index contributed by atoms with van der Waals surface area (Å²) in [6.45, 7) is 3.73. The molecule has 0 saturated carbocycles. The van der Waals surface area contributed by atoms with Gasteiger partial charge in [0, 0.05) is 23.6 Å². The Morgan fingerprint density at radius 2 is 2.00 bits per heavy atom. The number of hydrogen-bond donors (Lipinski definition) is 2. The molecule has 0 unspecified atom stereocenters. The molecule has 0 aliphatic heterocycles. The van der Waals surface area contributed by atoms with Crippen LogP contribution in [-0.2, 0) is 10.0 Å². The number of halogens is 1. The number of likely N-dealkylation sites (N-methyl/N-ethyl adjacent to an activating group) is 1. The van der Waals surface area contributed by atoms with Crippen molar-refractivity contribution < 1.29 is 13.2 Å². The van der Waals surface area contributed by atoms with Gasteiger partial charge >= 0.3 is 0 Å². The minimum Gasteiger partial charge on any atom is -0.497 e. The summed E-state index contributed by atoms with van der Waals surface area (Å²) in [4.78, 5) is 0.185. The van der Waals surface area contributed by atoms with Gasteiger partial charge in [0.1, 0.15) is 5.75 Å². The highest BCUT2D eigenvalue weighted by Crippen LogP contribution is 2.23. The molecule has 1 aromatic rings. The van der Waals surface area contributed by atoms with Crippen LogP contribution in [0.15, 0.2) is 27.6 Å². The Morgan fingerprint density at radius 1 is 1.28 bits per heavy atom. The number of methoxy groups -OCH3 is 1. The molecule has 5 nitrogen and oxygen atoms in total. The standard InChI is InChI=1S/C11H17BrN2O3S/c1-3-13-4-5-14-18(15,16)11-7-9(12)6-10(8-11)17-2/h6-8,13-14H,3-5H2,1-2H3. The number of ether oxygens (including phenoxy) is 1. The molecule has 0 spiro atoms. The zero-order valence-electron chi connectivity index (χ0n) is 10.4. The summed E-state index contributed by atoms with van der Waals surface area (Å²) in [6, 6.07) is 4.73. The first-order valence-electron chi connectivity index (χ1n) is 5.54. The molecule has 0 atom stereocenters. The Labute approximate surface area is 116 Å². The van der Waals surface area contributed by atoms with E-state index >= 15 is 0 Å². The monoisotopic (exact) mass is 336 g/mol. The molecule has 0 aromatic heterocycles. The van der Waals surface area contributed by atoms with Crippen molar-refractivity contribution in [2.75, 3.05) is 26.7 Å². The van der Waals surface area contributed by atoms with Crippen molar-refractivity contribution in [3.05, 3.63) is 22.7 Å². The van der Waals surface area contributed by atoms with Crippen LogP contribution < -0.4 is 14.8 Å². The summed E-state index contributed by atoms with van der Waals surface area (Å²) < 4.78 is 32.2. The van der Waals surface area contributed by atoms with Crippen molar-refractivity contribution in [3.63, 3.8) is 0 Å². The lowest BCUT2D eigenvalue weighted by Gasteiger charge is -2.09. The van der Waals surface area contributed by atoms with Crippen LogP contribution in [0.3, 0.4) is 0 Å². The molecular formula is C11H17BrN2O3S. The van der Waals surface area contributed by atoms with Crippen molar-refractivity contribution in [2.45, 2.75) is 11.8 Å². The van der Waals surface area contributed by atoms with Crippen molar-refractivity contribution in [3.8, 4) is 5.75 Å². The van der Waals surface area contributed by atoms with E-state index in [2.05, 4.69) is 26.0 Å². The summed E-state index contributed by atoms with van der Waals surface area (Å²) in [5, 5.41) is 3.05. The lowest BCUT2D eigenvalue weighted by atomic mass is 10.3. The number of hydrogen-bond acceptors (Lipinski definition) is 4. The molecule has 0 heterocycles. The molecule has 1 aromatic carbocycles. The Bertz CT molecular complexity index is 491. The van der Waals surface area contributed by atoms with E-state index in [1.165, 1.54) is 19.2 Å². The van der Waals surface area contributed by atoms with Crippen molar-refractivity contribution >= 4 is 26.0 Å². The van der Waals surface area contributed by atoms with Crippen LogP contribution in [0.1, 0.15) is 6.92 Å². The van der Waals surface area contributed by atoms with Gasteiger partial charge < -0.3 is 10.1 Å². The molecule has 7 heteroatoms. The van der Waals surface area contributed by atoms with E-state index < -0.39 is 10.0 Å². The molecule has 0 aliphatic rings. The number of sulfonamides is 1. The Morgan fingerprint density at radius 3 is 2.61 bits per heavy atom. The van der Waals surface area contributed by atoms with Crippen molar-refractivity contribution in [2.24, 2.45) is 0 Å². The zero-order chi connectivity index (χ0) is 13.6. The average Bonchev–Trinajstić information content (AvgIpc) is 2.34. The summed E-state index contributed by atoms with van der Waals surface area (Å²) in [6.07, 6.45) is 0. The SMILES string of the molecule is CCNCCNS(=O)(=O)c1cc(Br)cc(OC)c1. The van der Waals surface area contributed by atoms with Crippen LogP contribution in [-0.4, -0.2) is 35.2 Å². The molecule has 1 rings (SSSR count). The van der Waals surface area contributed by atoms with Crippen LogP contribution in [0, 0.1) is 0 Å². The van der Waals surface area contributed by atoms with E-state index in [1.807, 2.05) is 6.92 Å². The Balaban J connectivity index is 2.81. The molecule has 102 valence electrons.